The Bertz CT molecular complexity index is 1330. The fraction of sp³-hybridized carbons (Fsp3) is 0.192. The molecule has 1 saturated heterocycles. The number of rotatable bonds is 7. The molecule has 9 heteroatoms. The van der Waals surface area contributed by atoms with E-state index >= 15 is 0 Å². The minimum Gasteiger partial charge on any atom is -0.489 e. The summed E-state index contributed by atoms with van der Waals surface area (Å²) in [4.78, 5) is 37.0. The van der Waals surface area contributed by atoms with Crippen molar-refractivity contribution in [1.29, 1.82) is 0 Å². The van der Waals surface area contributed by atoms with Gasteiger partial charge in [0.1, 0.15) is 30.4 Å². The third kappa shape index (κ3) is 4.93. The molecule has 1 aliphatic rings. The van der Waals surface area contributed by atoms with Crippen LogP contribution in [-0.2, 0) is 20.9 Å². The number of carbonyl (C=O) groups is 3. The lowest BCUT2D eigenvalue weighted by Gasteiger charge is -2.12. The van der Waals surface area contributed by atoms with Crippen molar-refractivity contribution in [1.82, 2.24) is 14.8 Å². The molecule has 2 heterocycles. The highest BCUT2D eigenvalue weighted by molar-refractivity contribution is 6.15. The smallest absolute Gasteiger partial charge is 0.329 e. The van der Waals surface area contributed by atoms with Crippen molar-refractivity contribution in [3.05, 3.63) is 88.6 Å². The van der Waals surface area contributed by atoms with Gasteiger partial charge in [-0.25, -0.2) is 14.1 Å². The van der Waals surface area contributed by atoms with E-state index in [4.69, 9.17) is 4.74 Å². The lowest BCUT2D eigenvalue weighted by molar-refractivity contribution is -0.143. The summed E-state index contributed by atoms with van der Waals surface area (Å²) in [6, 6.07) is 15.1. The summed E-state index contributed by atoms with van der Waals surface area (Å²) < 4.78 is 26.1. The van der Waals surface area contributed by atoms with Crippen molar-refractivity contribution in [2.75, 3.05) is 13.7 Å². The second kappa shape index (κ2) is 9.84. The van der Waals surface area contributed by atoms with Crippen LogP contribution in [0, 0.1) is 19.7 Å². The van der Waals surface area contributed by atoms with Gasteiger partial charge in [-0.2, -0.15) is 0 Å². The number of esters is 1. The largest absolute Gasteiger partial charge is 0.489 e. The molecule has 0 unspecified atom stereocenters. The van der Waals surface area contributed by atoms with Gasteiger partial charge >= 0.3 is 12.0 Å². The molecule has 0 atom stereocenters. The molecular weight excluding hydrogens is 453 g/mol. The highest BCUT2D eigenvalue weighted by Crippen LogP contribution is 2.25. The summed E-state index contributed by atoms with van der Waals surface area (Å²) in [6.45, 7) is 3.49. The molecule has 1 fully saturated rings. The van der Waals surface area contributed by atoms with Crippen molar-refractivity contribution in [2.45, 2.75) is 20.5 Å². The predicted octanol–water partition coefficient (Wildman–Crippen LogP) is 3.88. The highest BCUT2D eigenvalue weighted by atomic mass is 19.1. The van der Waals surface area contributed by atoms with Gasteiger partial charge in [-0.1, -0.05) is 18.2 Å². The van der Waals surface area contributed by atoms with Crippen molar-refractivity contribution < 1.29 is 28.2 Å². The van der Waals surface area contributed by atoms with Gasteiger partial charge in [-0.05, 0) is 61.9 Å². The average molecular weight is 477 g/mol. The minimum absolute atomic E-state index is 0.0797. The molecule has 0 aliphatic carbocycles. The molecule has 0 radical (unpaired) electrons. The van der Waals surface area contributed by atoms with Crippen molar-refractivity contribution in [2.24, 2.45) is 0 Å². The molecule has 2 aromatic carbocycles. The fourth-order valence-electron chi connectivity index (χ4n) is 3.86. The maximum absolute atomic E-state index is 13.8. The summed E-state index contributed by atoms with van der Waals surface area (Å²) in [5.74, 6) is -0.989. The molecule has 1 aromatic heterocycles. The molecule has 180 valence electrons. The number of amides is 3. The number of methoxy groups -OCH3 is 1. The topological polar surface area (TPSA) is 89.9 Å². The summed E-state index contributed by atoms with van der Waals surface area (Å²) in [5, 5.41) is 2.50. The second-order valence-corrected chi connectivity index (χ2v) is 7.99. The van der Waals surface area contributed by atoms with Gasteiger partial charge in [0.15, 0.2) is 0 Å². The van der Waals surface area contributed by atoms with E-state index in [0.717, 1.165) is 27.5 Å². The normalized spacial score (nSPS) is 14.4. The Morgan fingerprint density at radius 1 is 1.09 bits per heavy atom. The van der Waals surface area contributed by atoms with E-state index in [0.29, 0.717) is 11.3 Å². The van der Waals surface area contributed by atoms with Gasteiger partial charge in [0.2, 0.25) is 0 Å². The number of aryl methyl sites for hydroxylation is 1. The highest BCUT2D eigenvalue weighted by Gasteiger charge is 2.35. The third-order valence-electron chi connectivity index (χ3n) is 5.69. The number of benzene rings is 2. The molecule has 35 heavy (non-hydrogen) atoms. The van der Waals surface area contributed by atoms with E-state index in [1.54, 1.807) is 36.4 Å². The van der Waals surface area contributed by atoms with Gasteiger partial charge in [0.25, 0.3) is 5.91 Å². The molecule has 0 saturated carbocycles. The SMILES string of the molecule is COC(=O)CN1C(=O)NC(=Cc2cc(C)n(-c3ccc(OCc4ccccc4F)cc3)c2C)C1=O. The Hall–Kier alpha value is -4.40. The Kier molecular flexibility index (Phi) is 6.68. The number of hydrogen-bond donors (Lipinski definition) is 1. The van der Waals surface area contributed by atoms with Crippen LogP contribution in [0.1, 0.15) is 22.5 Å². The zero-order valence-corrected chi connectivity index (χ0v) is 19.5. The first-order chi connectivity index (χ1) is 16.8. The molecule has 8 nitrogen and oxygen atoms in total. The van der Waals surface area contributed by atoms with Gasteiger partial charge in [-0.3, -0.25) is 9.59 Å². The lowest BCUT2D eigenvalue weighted by atomic mass is 10.2. The number of aromatic nitrogens is 1. The maximum atomic E-state index is 13.8. The fourth-order valence-corrected chi connectivity index (χ4v) is 3.86. The number of imide groups is 1. The number of hydrogen-bond acceptors (Lipinski definition) is 5. The van der Waals surface area contributed by atoms with Gasteiger partial charge < -0.3 is 19.4 Å². The first-order valence-electron chi connectivity index (χ1n) is 10.9. The molecule has 1 N–H and O–H groups in total. The average Bonchev–Trinajstić information content (AvgIpc) is 3.27. The van der Waals surface area contributed by atoms with Crippen LogP contribution < -0.4 is 10.1 Å². The van der Waals surface area contributed by atoms with Crippen LogP contribution in [0.5, 0.6) is 5.75 Å². The van der Waals surface area contributed by atoms with Gasteiger partial charge in [-0.15, -0.1) is 0 Å². The van der Waals surface area contributed by atoms with E-state index in [1.807, 2.05) is 36.6 Å². The third-order valence-corrected chi connectivity index (χ3v) is 5.69. The van der Waals surface area contributed by atoms with E-state index in [9.17, 15) is 18.8 Å². The van der Waals surface area contributed by atoms with Crippen LogP contribution in [0.3, 0.4) is 0 Å². The first-order valence-corrected chi connectivity index (χ1v) is 10.9. The molecule has 3 aromatic rings. The Labute approximate surface area is 201 Å². The molecule has 4 rings (SSSR count). The standard InChI is InChI=1S/C26H24FN3O5/c1-16-12-19(13-23-25(32)29(26(33)28-23)14-24(31)34-3)17(2)30(16)20-8-10-21(11-9-20)35-15-18-6-4-5-7-22(18)27/h4-13H,14-15H2,1-3H3,(H,28,33). The quantitative estimate of drug-likeness (QED) is 0.317. The van der Waals surface area contributed by atoms with Crippen LogP contribution in [0.25, 0.3) is 11.8 Å². The Morgan fingerprint density at radius 2 is 1.80 bits per heavy atom. The number of urea groups is 1. The zero-order chi connectivity index (χ0) is 25.1. The van der Waals surface area contributed by atoms with Crippen molar-refractivity contribution in [3.8, 4) is 11.4 Å². The van der Waals surface area contributed by atoms with Crippen LogP contribution >= 0.6 is 0 Å². The van der Waals surface area contributed by atoms with Crippen LogP contribution in [-0.4, -0.2) is 41.0 Å². The molecule has 3 amide bonds. The number of carbonyl (C=O) groups excluding carboxylic acids is 3. The summed E-state index contributed by atoms with van der Waals surface area (Å²) in [5.41, 5.74) is 3.94. The van der Waals surface area contributed by atoms with E-state index in [-0.39, 0.29) is 18.1 Å². The number of nitrogens with one attached hydrogen (secondary N) is 1. The van der Waals surface area contributed by atoms with Gasteiger partial charge in [0.05, 0.1) is 7.11 Å². The second-order valence-electron chi connectivity index (χ2n) is 7.99. The molecule has 0 spiro atoms. The van der Waals surface area contributed by atoms with Crippen molar-refractivity contribution >= 4 is 24.0 Å². The lowest BCUT2D eigenvalue weighted by Crippen LogP contribution is -2.36. The summed E-state index contributed by atoms with van der Waals surface area (Å²) in [6.07, 6.45) is 1.59. The number of halogens is 1. The molecular formula is C26H24FN3O5. The first kappa shape index (κ1) is 23.7. The van der Waals surface area contributed by atoms with E-state index < -0.39 is 24.5 Å². The van der Waals surface area contributed by atoms with Gasteiger partial charge in [0, 0.05) is 22.6 Å². The Balaban J connectivity index is 1.52. The number of nitrogens with zero attached hydrogens (tertiary/aromatic N) is 2. The van der Waals surface area contributed by atoms with E-state index in [2.05, 4.69) is 10.1 Å². The summed E-state index contributed by atoms with van der Waals surface area (Å²) in [7, 11) is 1.19. The van der Waals surface area contributed by atoms with Crippen LogP contribution in [0.2, 0.25) is 0 Å². The van der Waals surface area contributed by atoms with Crippen molar-refractivity contribution in [3.63, 3.8) is 0 Å². The molecule has 1 aliphatic heterocycles. The van der Waals surface area contributed by atoms with Crippen LogP contribution in [0.4, 0.5) is 9.18 Å². The summed E-state index contributed by atoms with van der Waals surface area (Å²) >= 11 is 0. The van der Waals surface area contributed by atoms with E-state index in [1.165, 1.54) is 13.2 Å². The monoisotopic (exact) mass is 477 g/mol. The molecule has 0 bridgehead atoms. The number of ether oxygens (including phenoxy) is 2. The zero-order valence-electron chi connectivity index (χ0n) is 19.5. The Morgan fingerprint density at radius 3 is 2.49 bits per heavy atom. The van der Waals surface area contributed by atoms with Crippen LogP contribution in [0.15, 0.2) is 60.3 Å². The maximum Gasteiger partial charge on any atom is 0.329 e. The predicted molar refractivity (Wildman–Crippen MR) is 126 cm³/mol. The minimum atomic E-state index is -0.686.